The number of hydrogen-bond donors (Lipinski definition) is 2. The number of aromatic nitrogens is 1. The molecule has 3 rings (SSSR count). The number of likely N-dealkylation sites (tertiary alicyclic amines) is 1. The molecule has 0 spiro atoms. The molecule has 0 aliphatic carbocycles. The van der Waals surface area contributed by atoms with Crippen LogP contribution in [0.1, 0.15) is 31.9 Å². The summed E-state index contributed by atoms with van der Waals surface area (Å²) in [5, 5.41) is 6.41. The minimum absolute atomic E-state index is 0.0908. The van der Waals surface area contributed by atoms with Gasteiger partial charge in [-0.05, 0) is 37.3 Å². The Bertz CT molecular complexity index is 533. The lowest BCUT2D eigenvalue weighted by Crippen LogP contribution is -2.51. The van der Waals surface area contributed by atoms with Crippen LogP contribution in [-0.2, 0) is 16.1 Å². The van der Waals surface area contributed by atoms with Crippen molar-refractivity contribution in [2.45, 2.75) is 44.9 Å². The molecular formula is C19H30N4O2. The third-order valence-electron chi connectivity index (χ3n) is 5.13. The van der Waals surface area contributed by atoms with Crippen LogP contribution in [0.2, 0.25) is 0 Å². The summed E-state index contributed by atoms with van der Waals surface area (Å²) in [6.45, 7) is 7.09. The van der Waals surface area contributed by atoms with E-state index in [0.29, 0.717) is 12.5 Å². The Balaban J connectivity index is 1.35. The maximum absolute atomic E-state index is 12.2. The summed E-state index contributed by atoms with van der Waals surface area (Å²) in [6.07, 6.45) is 5.34. The van der Waals surface area contributed by atoms with Gasteiger partial charge in [0, 0.05) is 45.0 Å². The number of pyridine rings is 1. The van der Waals surface area contributed by atoms with Crippen LogP contribution in [0.5, 0.6) is 0 Å². The van der Waals surface area contributed by atoms with Crippen LogP contribution in [0, 0.1) is 5.92 Å². The fraction of sp³-hybridized carbons (Fsp3) is 0.684. The number of nitrogens with zero attached hydrogens (tertiary/aromatic N) is 2. The highest BCUT2D eigenvalue weighted by Crippen LogP contribution is 2.18. The van der Waals surface area contributed by atoms with Crippen molar-refractivity contribution in [2.24, 2.45) is 5.92 Å². The quantitative estimate of drug-likeness (QED) is 0.776. The summed E-state index contributed by atoms with van der Waals surface area (Å²) in [5.74, 6) is 0.535. The van der Waals surface area contributed by atoms with Gasteiger partial charge in [-0.1, -0.05) is 13.0 Å². The van der Waals surface area contributed by atoms with Gasteiger partial charge in [0.1, 0.15) is 0 Å². The van der Waals surface area contributed by atoms with E-state index in [1.165, 1.54) is 0 Å². The molecule has 2 N–H and O–H groups in total. The molecule has 1 aromatic rings. The molecule has 0 unspecified atom stereocenters. The second-order valence-electron chi connectivity index (χ2n) is 7.26. The van der Waals surface area contributed by atoms with Crippen LogP contribution in [0.25, 0.3) is 0 Å². The lowest BCUT2D eigenvalue weighted by Gasteiger charge is -2.37. The van der Waals surface area contributed by atoms with Crippen LogP contribution < -0.4 is 10.6 Å². The minimum Gasteiger partial charge on any atom is -0.377 e. The molecule has 1 amide bonds. The number of ether oxygens (including phenoxy) is 1. The molecule has 0 aromatic carbocycles. The molecule has 0 radical (unpaired) electrons. The standard InChI is InChI=1S/C19H30N4O2/c1-15-13-23(14-16-5-2-3-8-21-16)9-7-18(15)22-19(24)12-20-11-17-6-4-10-25-17/h2-3,5,8,15,17-18,20H,4,6-7,9-14H2,1H3,(H,22,24)/t15-,17-,18-/m1/s1. The van der Waals surface area contributed by atoms with E-state index in [0.717, 1.165) is 57.7 Å². The highest BCUT2D eigenvalue weighted by atomic mass is 16.5. The van der Waals surface area contributed by atoms with E-state index >= 15 is 0 Å². The lowest BCUT2D eigenvalue weighted by molar-refractivity contribution is -0.121. The molecule has 0 saturated carbocycles. The molecule has 2 fully saturated rings. The van der Waals surface area contributed by atoms with Crippen LogP contribution in [0.15, 0.2) is 24.4 Å². The number of rotatable bonds is 7. The zero-order chi connectivity index (χ0) is 17.5. The van der Waals surface area contributed by atoms with E-state index in [-0.39, 0.29) is 18.1 Å². The fourth-order valence-corrected chi connectivity index (χ4v) is 3.72. The second kappa shape index (κ2) is 9.27. The van der Waals surface area contributed by atoms with Gasteiger partial charge in [0.2, 0.25) is 5.91 Å². The average molecular weight is 346 g/mol. The number of amides is 1. The van der Waals surface area contributed by atoms with Crippen molar-refractivity contribution in [1.82, 2.24) is 20.5 Å². The lowest BCUT2D eigenvalue weighted by atomic mass is 9.93. The molecule has 25 heavy (non-hydrogen) atoms. The van der Waals surface area contributed by atoms with Crippen molar-refractivity contribution in [3.8, 4) is 0 Å². The Labute approximate surface area is 150 Å². The highest BCUT2D eigenvalue weighted by molar-refractivity contribution is 5.78. The molecule has 3 heterocycles. The van der Waals surface area contributed by atoms with E-state index < -0.39 is 0 Å². The Morgan fingerprint density at radius 1 is 1.40 bits per heavy atom. The van der Waals surface area contributed by atoms with Crippen molar-refractivity contribution >= 4 is 5.91 Å². The van der Waals surface area contributed by atoms with Crippen molar-refractivity contribution < 1.29 is 9.53 Å². The summed E-state index contributed by atoms with van der Waals surface area (Å²) in [6, 6.07) is 6.30. The maximum Gasteiger partial charge on any atom is 0.234 e. The van der Waals surface area contributed by atoms with Crippen molar-refractivity contribution in [1.29, 1.82) is 0 Å². The zero-order valence-corrected chi connectivity index (χ0v) is 15.1. The van der Waals surface area contributed by atoms with E-state index in [2.05, 4.69) is 33.5 Å². The molecule has 3 atom stereocenters. The average Bonchev–Trinajstić information content (AvgIpc) is 3.12. The first kappa shape index (κ1) is 18.3. The van der Waals surface area contributed by atoms with Gasteiger partial charge in [0.25, 0.3) is 0 Å². The number of nitrogens with one attached hydrogen (secondary N) is 2. The Kier molecular flexibility index (Phi) is 6.78. The van der Waals surface area contributed by atoms with E-state index in [9.17, 15) is 4.79 Å². The Morgan fingerprint density at radius 2 is 2.32 bits per heavy atom. The molecular weight excluding hydrogens is 316 g/mol. The van der Waals surface area contributed by atoms with Gasteiger partial charge in [0.05, 0.1) is 18.3 Å². The summed E-state index contributed by atoms with van der Waals surface area (Å²) in [5.41, 5.74) is 1.11. The van der Waals surface area contributed by atoms with Crippen LogP contribution in [0.3, 0.4) is 0 Å². The summed E-state index contributed by atoms with van der Waals surface area (Å²) in [7, 11) is 0. The van der Waals surface area contributed by atoms with E-state index in [1.54, 1.807) is 0 Å². The van der Waals surface area contributed by atoms with Gasteiger partial charge >= 0.3 is 0 Å². The smallest absolute Gasteiger partial charge is 0.234 e. The molecule has 138 valence electrons. The first-order valence-electron chi connectivity index (χ1n) is 9.44. The second-order valence-corrected chi connectivity index (χ2v) is 7.26. The van der Waals surface area contributed by atoms with Crippen LogP contribution in [-0.4, -0.2) is 60.7 Å². The minimum atomic E-state index is 0.0908. The monoisotopic (exact) mass is 346 g/mol. The number of carbonyl (C=O) groups excluding carboxylic acids is 1. The fourth-order valence-electron chi connectivity index (χ4n) is 3.72. The van der Waals surface area contributed by atoms with Crippen molar-refractivity contribution in [2.75, 3.05) is 32.8 Å². The topological polar surface area (TPSA) is 66.5 Å². The first-order valence-corrected chi connectivity index (χ1v) is 9.44. The van der Waals surface area contributed by atoms with E-state index in [1.807, 2.05) is 18.3 Å². The molecule has 6 nitrogen and oxygen atoms in total. The third kappa shape index (κ3) is 5.76. The molecule has 6 heteroatoms. The van der Waals surface area contributed by atoms with E-state index in [4.69, 9.17) is 4.74 Å². The van der Waals surface area contributed by atoms with Gasteiger partial charge in [-0.25, -0.2) is 0 Å². The van der Waals surface area contributed by atoms with Crippen LogP contribution >= 0.6 is 0 Å². The normalized spacial score (nSPS) is 27.3. The van der Waals surface area contributed by atoms with Crippen molar-refractivity contribution in [3.05, 3.63) is 30.1 Å². The van der Waals surface area contributed by atoms with Gasteiger partial charge in [0.15, 0.2) is 0 Å². The number of carbonyl (C=O) groups is 1. The van der Waals surface area contributed by atoms with Crippen molar-refractivity contribution in [3.63, 3.8) is 0 Å². The summed E-state index contributed by atoms with van der Waals surface area (Å²) < 4.78 is 5.56. The predicted octanol–water partition coefficient (Wildman–Crippen LogP) is 1.18. The largest absolute Gasteiger partial charge is 0.377 e. The van der Waals surface area contributed by atoms with Gasteiger partial charge in [-0.2, -0.15) is 0 Å². The number of piperidine rings is 1. The molecule has 2 aliphatic heterocycles. The molecule has 2 aliphatic rings. The summed E-state index contributed by atoms with van der Waals surface area (Å²) in [4.78, 5) is 19.0. The molecule has 1 aromatic heterocycles. The molecule has 0 bridgehead atoms. The van der Waals surface area contributed by atoms with Gasteiger partial charge < -0.3 is 15.4 Å². The zero-order valence-electron chi connectivity index (χ0n) is 15.1. The first-order chi connectivity index (χ1) is 12.2. The van der Waals surface area contributed by atoms with Gasteiger partial charge in [-0.15, -0.1) is 0 Å². The highest BCUT2D eigenvalue weighted by Gasteiger charge is 2.27. The van der Waals surface area contributed by atoms with Crippen LogP contribution in [0.4, 0.5) is 0 Å². The summed E-state index contributed by atoms with van der Waals surface area (Å²) >= 11 is 0. The maximum atomic E-state index is 12.2. The number of hydrogen-bond acceptors (Lipinski definition) is 5. The predicted molar refractivity (Wildman–Crippen MR) is 97.1 cm³/mol. The SMILES string of the molecule is C[C@@H]1CN(Cc2ccccn2)CC[C@H]1NC(=O)CNC[C@H]1CCCO1. The Morgan fingerprint density at radius 3 is 3.04 bits per heavy atom. The van der Waals surface area contributed by atoms with Gasteiger partial charge in [-0.3, -0.25) is 14.7 Å². The third-order valence-corrected chi connectivity index (χ3v) is 5.13. The molecule has 2 saturated heterocycles. The Hall–Kier alpha value is -1.50.